The van der Waals surface area contributed by atoms with E-state index in [1.165, 1.54) is 0 Å². The van der Waals surface area contributed by atoms with Crippen LogP contribution in [0, 0.1) is 0 Å². The van der Waals surface area contributed by atoms with Gasteiger partial charge in [0, 0.05) is 11.8 Å². The lowest BCUT2D eigenvalue weighted by Crippen LogP contribution is -2.15. The molecule has 1 aliphatic rings. The van der Waals surface area contributed by atoms with Crippen molar-refractivity contribution in [2.24, 2.45) is 0 Å². The average Bonchev–Trinajstić information content (AvgIpc) is 2.86. The molecule has 0 unspecified atom stereocenters. The van der Waals surface area contributed by atoms with Gasteiger partial charge in [-0.3, -0.25) is 0 Å². The summed E-state index contributed by atoms with van der Waals surface area (Å²) >= 11 is 5.58. The molecule has 7 heteroatoms. The molecule has 2 heterocycles. The van der Waals surface area contributed by atoms with Crippen LogP contribution in [0.15, 0.2) is 22.6 Å². The highest BCUT2D eigenvalue weighted by Crippen LogP contribution is 2.33. The predicted molar refractivity (Wildman–Crippen MR) is 64.6 cm³/mol. The zero-order chi connectivity index (χ0) is 12.4. The lowest BCUT2D eigenvalue weighted by Gasteiger charge is -2.18. The number of fused-ring (bicyclic) bond motifs is 1. The van der Waals surface area contributed by atoms with Gasteiger partial charge in [0.25, 0.3) is 0 Å². The number of hydrogen-bond donors (Lipinski definition) is 1. The van der Waals surface area contributed by atoms with Crippen molar-refractivity contribution in [2.45, 2.75) is 5.88 Å². The van der Waals surface area contributed by atoms with Crippen molar-refractivity contribution in [3.63, 3.8) is 0 Å². The first-order valence-electron chi connectivity index (χ1n) is 5.40. The zero-order valence-corrected chi connectivity index (χ0v) is 10.1. The van der Waals surface area contributed by atoms with E-state index >= 15 is 0 Å². The molecule has 0 amide bonds. The summed E-state index contributed by atoms with van der Waals surface area (Å²) in [4.78, 5) is 0. The number of benzene rings is 1. The van der Waals surface area contributed by atoms with Crippen LogP contribution in [0.3, 0.4) is 0 Å². The van der Waals surface area contributed by atoms with Crippen molar-refractivity contribution in [3.8, 4) is 11.5 Å². The molecular formula is C11H10ClN3O3. The highest BCUT2D eigenvalue weighted by molar-refractivity contribution is 6.16. The van der Waals surface area contributed by atoms with Gasteiger partial charge in [0.15, 0.2) is 11.5 Å². The van der Waals surface area contributed by atoms with Gasteiger partial charge < -0.3 is 19.2 Å². The summed E-state index contributed by atoms with van der Waals surface area (Å²) in [6.45, 7) is 1.12. The van der Waals surface area contributed by atoms with Crippen LogP contribution >= 0.6 is 11.6 Å². The summed E-state index contributed by atoms with van der Waals surface area (Å²) in [5.41, 5.74) is 0.782. The molecule has 94 valence electrons. The van der Waals surface area contributed by atoms with Gasteiger partial charge in [0.1, 0.15) is 19.1 Å². The molecule has 0 saturated heterocycles. The zero-order valence-electron chi connectivity index (χ0n) is 9.35. The molecule has 1 aliphatic heterocycles. The van der Waals surface area contributed by atoms with Crippen molar-refractivity contribution < 1.29 is 13.9 Å². The second kappa shape index (κ2) is 4.73. The molecule has 0 atom stereocenters. The molecule has 1 aromatic heterocycles. The largest absolute Gasteiger partial charge is 0.486 e. The summed E-state index contributed by atoms with van der Waals surface area (Å²) in [7, 11) is 0. The van der Waals surface area contributed by atoms with E-state index in [0.717, 1.165) is 11.4 Å². The van der Waals surface area contributed by atoms with Gasteiger partial charge in [0.2, 0.25) is 5.89 Å². The average molecular weight is 268 g/mol. The molecule has 1 N–H and O–H groups in total. The minimum atomic E-state index is 0.190. The lowest BCUT2D eigenvalue weighted by atomic mass is 10.2. The maximum Gasteiger partial charge on any atom is 0.320 e. The molecular weight excluding hydrogens is 258 g/mol. The number of halogens is 1. The number of hydrogen-bond acceptors (Lipinski definition) is 6. The minimum Gasteiger partial charge on any atom is -0.486 e. The molecule has 18 heavy (non-hydrogen) atoms. The Bertz CT molecular complexity index is 558. The molecule has 0 aliphatic carbocycles. The first-order valence-corrected chi connectivity index (χ1v) is 5.93. The lowest BCUT2D eigenvalue weighted by molar-refractivity contribution is 0.171. The van der Waals surface area contributed by atoms with Crippen LogP contribution in [0.1, 0.15) is 5.89 Å². The van der Waals surface area contributed by atoms with Crippen molar-refractivity contribution >= 4 is 23.3 Å². The number of ether oxygens (including phenoxy) is 2. The maximum atomic E-state index is 5.58. The molecule has 0 spiro atoms. The van der Waals surface area contributed by atoms with E-state index in [-0.39, 0.29) is 5.88 Å². The first-order chi connectivity index (χ1) is 8.85. The third kappa shape index (κ3) is 2.19. The fourth-order valence-electron chi connectivity index (χ4n) is 1.60. The highest BCUT2D eigenvalue weighted by Gasteiger charge is 2.12. The van der Waals surface area contributed by atoms with E-state index < -0.39 is 0 Å². The van der Waals surface area contributed by atoms with Crippen molar-refractivity contribution in [2.75, 3.05) is 18.5 Å². The summed E-state index contributed by atoms with van der Waals surface area (Å²) in [5.74, 6) is 1.99. The second-order valence-electron chi connectivity index (χ2n) is 3.62. The third-order valence-corrected chi connectivity index (χ3v) is 2.60. The van der Waals surface area contributed by atoms with Crippen LogP contribution in [0.5, 0.6) is 11.5 Å². The number of nitrogens with one attached hydrogen (secondary N) is 1. The number of aromatic nitrogens is 2. The Morgan fingerprint density at radius 3 is 2.78 bits per heavy atom. The van der Waals surface area contributed by atoms with Gasteiger partial charge in [-0.05, 0) is 12.1 Å². The number of nitrogens with zero attached hydrogens (tertiary/aromatic N) is 2. The normalized spacial score (nSPS) is 13.4. The highest BCUT2D eigenvalue weighted by atomic mass is 35.5. The Kier molecular flexibility index (Phi) is 2.93. The Hall–Kier alpha value is -1.95. The molecule has 0 fully saturated rings. The molecule has 2 aromatic rings. The monoisotopic (exact) mass is 267 g/mol. The Labute approximate surface area is 108 Å². The molecule has 0 radical (unpaired) electrons. The van der Waals surface area contributed by atoms with Gasteiger partial charge in [-0.2, -0.15) is 0 Å². The summed E-state index contributed by atoms with van der Waals surface area (Å²) < 4.78 is 16.1. The van der Waals surface area contributed by atoms with Crippen LogP contribution in [-0.4, -0.2) is 23.4 Å². The Balaban J connectivity index is 1.80. The van der Waals surface area contributed by atoms with E-state index in [4.69, 9.17) is 25.5 Å². The fourth-order valence-corrected chi connectivity index (χ4v) is 1.71. The van der Waals surface area contributed by atoms with Gasteiger partial charge in [-0.15, -0.1) is 16.7 Å². The second-order valence-corrected chi connectivity index (χ2v) is 3.89. The van der Waals surface area contributed by atoms with Crippen LogP contribution in [0.2, 0.25) is 0 Å². The third-order valence-electron chi connectivity index (χ3n) is 2.37. The summed E-state index contributed by atoms with van der Waals surface area (Å²) in [5, 5.41) is 10.5. The standard InChI is InChI=1S/C11H10ClN3O3/c12-6-10-14-15-11(18-10)13-7-1-2-8-9(5-7)17-4-3-16-8/h1-2,5H,3-4,6H2,(H,13,15). The van der Waals surface area contributed by atoms with E-state index in [2.05, 4.69) is 15.5 Å². The van der Waals surface area contributed by atoms with Gasteiger partial charge in [-0.25, -0.2) is 0 Å². The molecule has 3 rings (SSSR count). The summed E-state index contributed by atoms with van der Waals surface area (Å²) in [6, 6.07) is 5.79. The van der Waals surface area contributed by atoms with Crippen LogP contribution in [-0.2, 0) is 5.88 Å². The number of anilines is 2. The smallest absolute Gasteiger partial charge is 0.320 e. The van der Waals surface area contributed by atoms with E-state index in [9.17, 15) is 0 Å². The van der Waals surface area contributed by atoms with E-state index in [1.807, 2.05) is 18.2 Å². The number of alkyl halides is 1. The van der Waals surface area contributed by atoms with Crippen LogP contribution in [0.25, 0.3) is 0 Å². The molecule has 0 bridgehead atoms. The Morgan fingerprint density at radius 2 is 2.00 bits per heavy atom. The molecule has 0 saturated carbocycles. The number of rotatable bonds is 3. The van der Waals surface area contributed by atoms with Crippen LogP contribution in [0.4, 0.5) is 11.7 Å². The van der Waals surface area contributed by atoms with Crippen molar-refractivity contribution in [1.29, 1.82) is 0 Å². The van der Waals surface area contributed by atoms with Gasteiger partial charge >= 0.3 is 6.01 Å². The van der Waals surface area contributed by atoms with E-state index in [1.54, 1.807) is 0 Å². The van der Waals surface area contributed by atoms with Gasteiger partial charge in [-0.1, -0.05) is 5.10 Å². The van der Waals surface area contributed by atoms with Crippen molar-refractivity contribution in [3.05, 3.63) is 24.1 Å². The van der Waals surface area contributed by atoms with Crippen molar-refractivity contribution in [1.82, 2.24) is 10.2 Å². The Morgan fingerprint density at radius 1 is 1.17 bits per heavy atom. The minimum absolute atomic E-state index is 0.190. The SMILES string of the molecule is ClCc1nnc(Nc2ccc3c(c2)OCCO3)o1. The molecule has 6 nitrogen and oxygen atoms in total. The van der Waals surface area contributed by atoms with E-state index in [0.29, 0.717) is 30.9 Å². The first kappa shape index (κ1) is 11.2. The quantitative estimate of drug-likeness (QED) is 0.861. The fraction of sp³-hybridized carbons (Fsp3) is 0.273. The van der Waals surface area contributed by atoms with Crippen LogP contribution < -0.4 is 14.8 Å². The van der Waals surface area contributed by atoms with Gasteiger partial charge in [0.05, 0.1) is 0 Å². The predicted octanol–water partition coefficient (Wildman–Crippen LogP) is 2.32. The summed E-state index contributed by atoms with van der Waals surface area (Å²) in [6.07, 6.45) is 0. The maximum absolute atomic E-state index is 5.58. The molecule has 1 aromatic carbocycles. The topological polar surface area (TPSA) is 69.4 Å².